The summed E-state index contributed by atoms with van der Waals surface area (Å²) in [6.07, 6.45) is 1.02. The van der Waals surface area contributed by atoms with Crippen molar-refractivity contribution < 1.29 is 9.90 Å². The third-order valence-corrected chi connectivity index (χ3v) is 5.23. The summed E-state index contributed by atoms with van der Waals surface area (Å²) in [5.74, 6) is -0.849. The van der Waals surface area contributed by atoms with Crippen LogP contribution in [0.5, 0.6) is 0 Å². The lowest BCUT2D eigenvalue weighted by atomic mass is 10.0. The molecule has 2 aromatic rings. The minimum atomic E-state index is -0.849. The molecular weight excluding hydrogens is 302 g/mol. The molecule has 1 aromatic carbocycles. The molecule has 0 bridgehead atoms. The molecule has 2 N–H and O–H groups in total. The predicted octanol–water partition coefficient (Wildman–Crippen LogP) is 2.42. The van der Waals surface area contributed by atoms with Crippen molar-refractivity contribution in [1.29, 1.82) is 0 Å². The van der Waals surface area contributed by atoms with Crippen LogP contribution in [0.1, 0.15) is 34.1 Å². The highest BCUT2D eigenvalue weighted by molar-refractivity contribution is 5.97. The molecule has 1 fully saturated rings. The average molecular weight is 329 g/mol. The molecule has 5 nitrogen and oxygen atoms in total. The minimum Gasteiger partial charge on any atom is -0.478 e. The number of aromatic nitrogens is 1. The van der Waals surface area contributed by atoms with E-state index < -0.39 is 5.97 Å². The van der Waals surface area contributed by atoms with Gasteiger partial charge < -0.3 is 19.9 Å². The van der Waals surface area contributed by atoms with E-state index in [1.165, 1.54) is 16.6 Å². The van der Waals surface area contributed by atoms with Gasteiger partial charge in [-0.2, -0.15) is 0 Å². The van der Waals surface area contributed by atoms with Crippen LogP contribution in [0.25, 0.3) is 10.9 Å². The van der Waals surface area contributed by atoms with Crippen LogP contribution in [-0.4, -0.2) is 53.3 Å². The number of piperazine rings is 1. The van der Waals surface area contributed by atoms with E-state index in [1.807, 2.05) is 13.0 Å². The van der Waals surface area contributed by atoms with Gasteiger partial charge in [-0.1, -0.05) is 0 Å². The quantitative estimate of drug-likeness (QED) is 0.884. The Hall–Kier alpha value is -1.85. The summed E-state index contributed by atoms with van der Waals surface area (Å²) >= 11 is 0. The number of carboxylic acids is 1. The molecule has 0 atom stereocenters. The number of hydrogen-bond donors (Lipinski definition) is 2. The number of nitrogens with zero attached hydrogens (tertiary/aromatic N) is 2. The molecule has 1 aliphatic heterocycles. The zero-order valence-corrected chi connectivity index (χ0v) is 14.9. The molecule has 5 heteroatoms. The van der Waals surface area contributed by atoms with Crippen molar-refractivity contribution in [3.05, 3.63) is 34.5 Å². The van der Waals surface area contributed by atoms with Crippen molar-refractivity contribution in [2.75, 3.05) is 32.7 Å². The molecule has 1 saturated heterocycles. The second kappa shape index (κ2) is 6.95. The molecule has 130 valence electrons. The highest BCUT2D eigenvalue weighted by Crippen LogP contribution is 2.29. The van der Waals surface area contributed by atoms with E-state index >= 15 is 0 Å². The average Bonchev–Trinajstić information content (AvgIpc) is 2.83. The molecule has 1 aromatic heterocycles. The number of aryl methyl sites for hydroxylation is 2. The number of fused-ring (bicyclic) bond motifs is 1. The van der Waals surface area contributed by atoms with Gasteiger partial charge in [0.25, 0.3) is 0 Å². The van der Waals surface area contributed by atoms with Crippen LogP contribution in [0, 0.1) is 13.8 Å². The number of aromatic carboxylic acids is 1. The van der Waals surface area contributed by atoms with Gasteiger partial charge in [-0.15, -0.1) is 0 Å². The predicted molar refractivity (Wildman–Crippen MR) is 97.1 cm³/mol. The van der Waals surface area contributed by atoms with Gasteiger partial charge in [0, 0.05) is 55.9 Å². The lowest BCUT2D eigenvalue weighted by Crippen LogP contribution is -2.44. The van der Waals surface area contributed by atoms with E-state index in [2.05, 4.69) is 34.7 Å². The Labute approximate surface area is 143 Å². The number of rotatable bonds is 5. The normalized spacial score (nSPS) is 16.0. The number of benzene rings is 1. The number of hydrogen-bond acceptors (Lipinski definition) is 3. The topological polar surface area (TPSA) is 57.5 Å². The first kappa shape index (κ1) is 17.0. The Morgan fingerprint density at radius 2 is 1.96 bits per heavy atom. The third kappa shape index (κ3) is 3.06. The standard InChI is InChI=1S/C19H27N3O2/c1-4-22-14(3)15(5-8-21-9-6-20-7-10-21)17-11-13(2)16(19(23)24)12-18(17)22/h11-12,20H,4-10H2,1-3H3,(H,23,24). The molecule has 0 saturated carbocycles. The first-order valence-corrected chi connectivity index (χ1v) is 8.81. The molecule has 0 unspecified atom stereocenters. The van der Waals surface area contributed by atoms with Crippen molar-refractivity contribution in [2.24, 2.45) is 0 Å². The summed E-state index contributed by atoms with van der Waals surface area (Å²) in [6.45, 7) is 12.4. The van der Waals surface area contributed by atoms with Crippen LogP contribution in [0.2, 0.25) is 0 Å². The number of carbonyl (C=O) groups is 1. The van der Waals surface area contributed by atoms with Crippen molar-refractivity contribution in [2.45, 2.75) is 33.7 Å². The third-order valence-electron chi connectivity index (χ3n) is 5.23. The molecular formula is C19H27N3O2. The van der Waals surface area contributed by atoms with Crippen LogP contribution in [0.3, 0.4) is 0 Å². The van der Waals surface area contributed by atoms with Gasteiger partial charge in [0.15, 0.2) is 0 Å². The minimum absolute atomic E-state index is 0.406. The number of carboxylic acid groups (broad SMARTS) is 1. The van der Waals surface area contributed by atoms with E-state index in [0.29, 0.717) is 5.56 Å². The Morgan fingerprint density at radius 3 is 2.58 bits per heavy atom. The van der Waals surface area contributed by atoms with Gasteiger partial charge in [-0.25, -0.2) is 4.79 Å². The van der Waals surface area contributed by atoms with Crippen molar-refractivity contribution >= 4 is 16.9 Å². The van der Waals surface area contributed by atoms with E-state index in [0.717, 1.165) is 56.8 Å². The fourth-order valence-corrected chi connectivity index (χ4v) is 3.86. The molecule has 0 spiro atoms. The van der Waals surface area contributed by atoms with Crippen molar-refractivity contribution in [3.8, 4) is 0 Å². The van der Waals surface area contributed by atoms with Gasteiger partial charge in [-0.05, 0) is 50.5 Å². The Balaban J connectivity index is 1.98. The van der Waals surface area contributed by atoms with E-state index in [-0.39, 0.29) is 0 Å². The maximum Gasteiger partial charge on any atom is 0.336 e. The lowest BCUT2D eigenvalue weighted by Gasteiger charge is -2.27. The van der Waals surface area contributed by atoms with Crippen molar-refractivity contribution in [3.63, 3.8) is 0 Å². The van der Waals surface area contributed by atoms with Gasteiger partial charge in [0.2, 0.25) is 0 Å². The molecule has 1 aliphatic rings. The van der Waals surface area contributed by atoms with E-state index in [9.17, 15) is 9.90 Å². The summed E-state index contributed by atoms with van der Waals surface area (Å²) in [4.78, 5) is 14.0. The maximum absolute atomic E-state index is 11.5. The van der Waals surface area contributed by atoms with Crippen LogP contribution >= 0.6 is 0 Å². The zero-order valence-electron chi connectivity index (χ0n) is 14.9. The van der Waals surface area contributed by atoms with Crippen molar-refractivity contribution in [1.82, 2.24) is 14.8 Å². The second-order valence-corrected chi connectivity index (χ2v) is 6.64. The molecule has 0 amide bonds. The first-order valence-electron chi connectivity index (χ1n) is 8.81. The van der Waals surface area contributed by atoms with Crippen LogP contribution in [0.4, 0.5) is 0 Å². The Morgan fingerprint density at radius 1 is 1.25 bits per heavy atom. The van der Waals surface area contributed by atoms with E-state index in [4.69, 9.17) is 0 Å². The van der Waals surface area contributed by atoms with Gasteiger partial charge >= 0.3 is 5.97 Å². The summed E-state index contributed by atoms with van der Waals surface area (Å²) in [5.41, 5.74) is 4.93. The summed E-state index contributed by atoms with van der Waals surface area (Å²) in [7, 11) is 0. The van der Waals surface area contributed by atoms with E-state index in [1.54, 1.807) is 0 Å². The Kier molecular flexibility index (Phi) is 4.92. The smallest absolute Gasteiger partial charge is 0.336 e. The molecule has 24 heavy (non-hydrogen) atoms. The SMILES string of the molecule is CCn1c(C)c(CCN2CCNCC2)c2cc(C)c(C(=O)O)cc21. The number of nitrogens with one attached hydrogen (secondary N) is 1. The summed E-state index contributed by atoms with van der Waals surface area (Å²) in [5, 5.41) is 14.0. The van der Waals surface area contributed by atoms with Crippen LogP contribution < -0.4 is 5.32 Å². The largest absolute Gasteiger partial charge is 0.478 e. The fourth-order valence-electron chi connectivity index (χ4n) is 3.86. The fraction of sp³-hybridized carbons (Fsp3) is 0.526. The van der Waals surface area contributed by atoms with Crippen LogP contribution in [0.15, 0.2) is 12.1 Å². The summed E-state index contributed by atoms with van der Waals surface area (Å²) in [6, 6.07) is 3.91. The van der Waals surface area contributed by atoms with Crippen LogP contribution in [-0.2, 0) is 13.0 Å². The monoisotopic (exact) mass is 329 g/mol. The maximum atomic E-state index is 11.5. The van der Waals surface area contributed by atoms with Gasteiger partial charge in [-0.3, -0.25) is 0 Å². The highest BCUT2D eigenvalue weighted by atomic mass is 16.4. The first-order chi connectivity index (χ1) is 11.5. The molecule has 2 heterocycles. The lowest BCUT2D eigenvalue weighted by molar-refractivity contribution is 0.0696. The Bertz CT molecular complexity index is 758. The van der Waals surface area contributed by atoms with Gasteiger partial charge in [0.05, 0.1) is 5.56 Å². The second-order valence-electron chi connectivity index (χ2n) is 6.64. The molecule has 0 radical (unpaired) electrons. The van der Waals surface area contributed by atoms with Gasteiger partial charge in [0.1, 0.15) is 0 Å². The summed E-state index contributed by atoms with van der Waals surface area (Å²) < 4.78 is 2.24. The highest BCUT2D eigenvalue weighted by Gasteiger charge is 2.18. The molecule has 3 rings (SSSR count). The zero-order chi connectivity index (χ0) is 17.3. The molecule has 0 aliphatic carbocycles.